The van der Waals surface area contributed by atoms with Crippen molar-refractivity contribution in [1.82, 2.24) is 5.32 Å². The lowest BCUT2D eigenvalue weighted by atomic mass is 10.2. The first-order chi connectivity index (χ1) is 10.1. The van der Waals surface area contributed by atoms with Crippen molar-refractivity contribution in [2.45, 2.75) is 45.4 Å². The smallest absolute Gasteiger partial charge is 0.175 e. The summed E-state index contributed by atoms with van der Waals surface area (Å²) in [5.41, 5.74) is 1.16. The number of methoxy groups -OCH3 is 1. The van der Waals surface area contributed by atoms with E-state index in [9.17, 15) is 0 Å². The van der Waals surface area contributed by atoms with Gasteiger partial charge in [0.2, 0.25) is 0 Å². The van der Waals surface area contributed by atoms with Gasteiger partial charge in [0, 0.05) is 19.7 Å². The third-order valence-electron chi connectivity index (χ3n) is 3.37. The second kappa shape index (κ2) is 8.01. The molecule has 1 atom stereocenters. The summed E-state index contributed by atoms with van der Waals surface area (Å²) < 4.78 is 17.8. The summed E-state index contributed by atoms with van der Waals surface area (Å²) in [5.74, 6) is 1.52. The summed E-state index contributed by atoms with van der Waals surface area (Å²) in [6.45, 7) is 6.58. The Morgan fingerprint density at radius 3 is 2.86 bits per heavy atom. The Labute approximate surface area is 135 Å². The van der Waals surface area contributed by atoms with E-state index in [-0.39, 0.29) is 6.10 Å². The Kier molecular flexibility index (Phi) is 6.33. The number of halogens is 1. The van der Waals surface area contributed by atoms with Crippen molar-refractivity contribution >= 4 is 15.9 Å². The molecule has 0 saturated carbocycles. The summed E-state index contributed by atoms with van der Waals surface area (Å²) in [6, 6.07) is 4.09. The molecule has 118 valence electrons. The van der Waals surface area contributed by atoms with Crippen LogP contribution in [0.15, 0.2) is 16.6 Å². The number of benzene rings is 1. The lowest BCUT2D eigenvalue weighted by Crippen LogP contribution is -2.25. The Balaban J connectivity index is 1.97. The first-order valence-corrected chi connectivity index (χ1v) is 8.25. The molecule has 0 amide bonds. The zero-order chi connectivity index (χ0) is 15.2. The molecule has 1 saturated heterocycles. The Bertz CT molecular complexity index is 459. The number of ether oxygens (including phenoxy) is 3. The number of nitrogens with one attached hydrogen (secondary N) is 1. The minimum atomic E-state index is 0.110. The average Bonchev–Trinajstić information content (AvgIpc) is 2.94. The number of hydrogen-bond acceptors (Lipinski definition) is 4. The molecule has 1 heterocycles. The monoisotopic (exact) mass is 357 g/mol. The summed E-state index contributed by atoms with van der Waals surface area (Å²) in [7, 11) is 1.67. The topological polar surface area (TPSA) is 39.7 Å². The minimum Gasteiger partial charge on any atom is -0.493 e. The van der Waals surface area contributed by atoms with Gasteiger partial charge in [-0.2, -0.15) is 0 Å². The van der Waals surface area contributed by atoms with E-state index in [4.69, 9.17) is 14.2 Å². The maximum absolute atomic E-state index is 5.80. The van der Waals surface area contributed by atoms with E-state index >= 15 is 0 Å². The predicted octanol–water partition coefficient (Wildman–Crippen LogP) is 3.51. The molecule has 0 bridgehead atoms. The Morgan fingerprint density at radius 2 is 2.24 bits per heavy atom. The first kappa shape index (κ1) is 16.6. The van der Waals surface area contributed by atoms with Crippen LogP contribution in [0.25, 0.3) is 0 Å². The van der Waals surface area contributed by atoms with Crippen LogP contribution in [0, 0.1) is 0 Å². The highest BCUT2D eigenvalue weighted by Gasteiger charge is 2.16. The Morgan fingerprint density at radius 1 is 1.43 bits per heavy atom. The van der Waals surface area contributed by atoms with Gasteiger partial charge in [0.25, 0.3) is 0 Å². The molecular formula is C16H24BrNO3. The van der Waals surface area contributed by atoms with Crippen LogP contribution in [0.3, 0.4) is 0 Å². The molecule has 2 rings (SSSR count). The molecule has 0 aromatic heterocycles. The lowest BCUT2D eigenvalue weighted by Gasteiger charge is -2.17. The standard InChI is InChI=1S/C16H24BrNO3/c1-11(2)21-16-14(17)7-12(8-15(16)19-3)9-18-10-13-5-4-6-20-13/h7-8,11,13,18H,4-6,9-10H2,1-3H3/t13-/m1/s1. The number of rotatable bonds is 7. The normalized spacial score (nSPS) is 18.2. The maximum atomic E-state index is 5.80. The number of hydrogen-bond donors (Lipinski definition) is 1. The molecule has 1 fully saturated rings. The molecule has 21 heavy (non-hydrogen) atoms. The fourth-order valence-electron chi connectivity index (χ4n) is 2.41. The van der Waals surface area contributed by atoms with Gasteiger partial charge in [0.05, 0.1) is 23.8 Å². The zero-order valence-electron chi connectivity index (χ0n) is 12.9. The molecule has 4 nitrogen and oxygen atoms in total. The third kappa shape index (κ3) is 4.87. The highest BCUT2D eigenvalue weighted by Crippen LogP contribution is 2.37. The van der Waals surface area contributed by atoms with Crippen LogP contribution in [0.1, 0.15) is 32.3 Å². The van der Waals surface area contributed by atoms with Crippen molar-refractivity contribution in [1.29, 1.82) is 0 Å². The summed E-state index contributed by atoms with van der Waals surface area (Å²) in [6.07, 6.45) is 2.80. The molecule has 1 aliphatic rings. The molecule has 1 aromatic rings. The highest BCUT2D eigenvalue weighted by atomic mass is 79.9. The molecule has 5 heteroatoms. The van der Waals surface area contributed by atoms with Crippen molar-refractivity contribution in [2.75, 3.05) is 20.3 Å². The van der Waals surface area contributed by atoms with Gasteiger partial charge in [0.15, 0.2) is 11.5 Å². The van der Waals surface area contributed by atoms with E-state index in [1.165, 1.54) is 6.42 Å². The van der Waals surface area contributed by atoms with Gasteiger partial charge >= 0.3 is 0 Å². The van der Waals surface area contributed by atoms with Crippen molar-refractivity contribution in [3.63, 3.8) is 0 Å². The van der Waals surface area contributed by atoms with Crippen LogP contribution in [0.4, 0.5) is 0 Å². The minimum absolute atomic E-state index is 0.110. The first-order valence-electron chi connectivity index (χ1n) is 7.45. The molecule has 1 aromatic carbocycles. The predicted molar refractivity (Wildman–Crippen MR) is 87.1 cm³/mol. The van der Waals surface area contributed by atoms with Gasteiger partial charge in [-0.25, -0.2) is 0 Å². The molecule has 1 N–H and O–H groups in total. The second-order valence-electron chi connectivity index (χ2n) is 5.54. The molecule has 0 radical (unpaired) electrons. The average molecular weight is 358 g/mol. The van der Waals surface area contributed by atoms with Gasteiger partial charge in [-0.15, -0.1) is 0 Å². The van der Waals surface area contributed by atoms with Gasteiger partial charge in [0.1, 0.15) is 0 Å². The van der Waals surface area contributed by atoms with Crippen molar-refractivity contribution in [3.05, 3.63) is 22.2 Å². The van der Waals surface area contributed by atoms with E-state index in [0.29, 0.717) is 6.10 Å². The summed E-state index contributed by atoms with van der Waals surface area (Å²) in [5, 5.41) is 3.44. The van der Waals surface area contributed by atoms with Gasteiger partial charge in [-0.3, -0.25) is 0 Å². The zero-order valence-corrected chi connectivity index (χ0v) is 14.5. The molecule has 1 aliphatic heterocycles. The van der Waals surface area contributed by atoms with E-state index in [0.717, 1.165) is 47.7 Å². The summed E-state index contributed by atoms with van der Waals surface area (Å²) >= 11 is 3.57. The fourth-order valence-corrected chi connectivity index (χ4v) is 2.99. The highest BCUT2D eigenvalue weighted by molar-refractivity contribution is 9.10. The molecule has 0 aliphatic carbocycles. The maximum Gasteiger partial charge on any atom is 0.175 e. The van der Waals surface area contributed by atoms with E-state index in [1.807, 2.05) is 19.9 Å². The molecule has 0 unspecified atom stereocenters. The summed E-state index contributed by atoms with van der Waals surface area (Å²) in [4.78, 5) is 0. The van der Waals surface area contributed by atoms with Crippen LogP contribution in [0.5, 0.6) is 11.5 Å². The lowest BCUT2D eigenvalue weighted by molar-refractivity contribution is 0.110. The molecular weight excluding hydrogens is 334 g/mol. The quantitative estimate of drug-likeness (QED) is 0.810. The SMILES string of the molecule is COc1cc(CNC[C@H]2CCCO2)cc(Br)c1OC(C)C. The molecule has 0 spiro atoms. The van der Waals surface area contributed by atoms with Crippen LogP contribution in [0.2, 0.25) is 0 Å². The van der Waals surface area contributed by atoms with Gasteiger partial charge in [-0.05, 0) is 60.3 Å². The van der Waals surface area contributed by atoms with Crippen molar-refractivity contribution in [2.24, 2.45) is 0 Å². The van der Waals surface area contributed by atoms with Gasteiger partial charge in [-0.1, -0.05) is 0 Å². The second-order valence-corrected chi connectivity index (χ2v) is 6.40. The van der Waals surface area contributed by atoms with Crippen LogP contribution in [-0.4, -0.2) is 32.5 Å². The van der Waals surface area contributed by atoms with Crippen LogP contribution < -0.4 is 14.8 Å². The largest absolute Gasteiger partial charge is 0.493 e. The van der Waals surface area contributed by atoms with E-state index in [1.54, 1.807) is 7.11 Å². The van der Waals surface area contributed by atoms with Crippen molar-refractivity contribution in [3.8, 4) is 11.5 Å². The fraction of sp³-hybridized carbons (Fsp3) is 0.625. The van der Waals surface area contributed by atoms with Crippen molar-refractivity contribution < 1.29 is 14.2 Å². The van der Waals surface area contributed by atoms with Gasteiger partial charge < -0.3 is 19.5 Å². The Hall–Kier alpha value is -0.780. The van der Waals surface area contributed by atoms with E-state index in [2.05, 4.69) is 27.3 Å². The van der Waals surface area contributed by atoms with E-state index < -0.39 is 0 Å². The third-order valence-corrected chi connectivity index (χ3v) is 3.96. The van der Waals surface area contributed by atoms with Crippen LogP contribution in [-0.2, 0) is 11.3 Å². The van der Waals surface area contributed by atoms with Crippen LogP contribution >= 0.6 is 15.9 Å².